The van der Waals surface area contributed by atoms with E-state index >= 15 is 0 Å². The van der Waals surface area contributed by atoms with Crippen LogP contribution in [0, 0.1) is 0 Å². The monoisotopic (exact) mass is 658 g/mol. The number of halogens is 6. The second-order valence-electron chi connectivity index (χ2n) is 10.7. The van der Waals surface area contributed by atoms with Crippen molar-refractivity contribution in [2.75, 3.05) is 30.4 Å². The van der Waals surface area contributed by atoms with E-state index in [1.54, 1.807) is 17.0 Å². The van der Waals surface area contributed by atoms with Gasteiger partial charge < -0.3 is 15.3 Å². The average Bonchev–Trinajstić information content (AvgIpc) is 3.02. The van der Waals surface area contributed by atoms with Crippen LogP contribution in [-0.4, -0.2) is 57.3 Å². The van der Waals surface area contributed by atoms with Crippen LogP contribution in [0.2, 0.25) is 0 Å². The van der Waals surface area contributed by atoms with Crippen molar-refractivity contribution in [3.05, 3.63) is 95.1 Å². The first-order valence-corrected chi connectivity index (χ1v) is 15.8. The molecule has 0 bridgehead atoms. The normalized spacial score (nSPS) is 18.4. The van der Waals surface area contributed by atoms with Crippen molar-refractivity contribution in [2.24, 2.45) is 0 Å². The minimum absolute atomic E-state index is 0.0776. The van der Waals surface area contributed by atoms with E-state index < -0.39 is 59.1 Å². The summed E-state index contributed by atoms with van der Waals surface area (Å²) in [4.78, 5) is 14.8. The standard InChI is InChI=1S/C31H32F6N2O5S/c1-2-45(42,43)27-15-8-21(9-16-27)28(18-40)38-29(41)22-5-12-25(13-6-22)39-17-23(7-14-26(39)19-44-31(35,36)37)20-3-10-24(11-4-20)30(32,33)34/h3-6,8-13,15-16,23,26,28,40H,2,7,14,17-19H2,1H3,(H,38,41)/t23?,26-,28-/m0/s1. The quantitative estimate of drug-likeness (QED) is 0.250. The highest BCUT2D eigenvalue weighted by atomic mass is 32.2. The number of nitrogens with one attached hydrogen (secondary N) is 1. The van der Waals surface area contributed by atoms with Crippen LogP contribution >= 0.6 is 0 Å². The van der Waals surface area contributed by atoms with Crippen LogP contribution in [0.5, 0.6) is 0 Å². The molecule has 1 aliphatic rings. The fraction of sp³-hybridized carbons (Fsp3) is 0.387. The Bertz CT molecular complexity index is 1540. The molecule has 3 atom stereocenters. The number of nitrogens with zero attached hydrogens (tertiary/aromatic N) is 1. The Balaban J connectivity index is 1.50. The van der Waals surface area contributed by atoms with Gasteiger partial charge in [-0.2, -0.15) is 13.2 Å². The van der Waals surface area contributed by atoms with Gasteiger partial charge in [-0.3, -0.25) is 9.53 Å². The lowest BCUT2D eigenvalue weighted by molar-refractivity contribution is -0.326. The molecule has 3 aromatic carbocycles. The molecule has 4 rings (SSSR count). The molecule has 0 aliphatic carbocycles. The van der Waals surface area contributed by atoms with E-state index in [0.29, 0.717) is 23.2 Å². The molecule has 2 N–H and O–H groups in total. The third kappa shape index (κ3) is 8.76. The highest BCUT2D eigenvalue weighted by Crippen LogP contribution is 2.36. The van der Waals surface area contributed by atoms with Crippen LogP contribution < -0.4 is 10.2 Å². The van der Waals surface area contributed by atoms with E-state index in [9.17, 15) is 44.7 Å². The Labute approximate surface area is 256 Å². The number of hydrogen-bond acceptors (Lipinski definition) is 6. The Morgan fingerprint density at radius 3 is 2.11 bits per heavy atom. The first-order valence-electron chi connectivity index (χ1n) is 14.1. The second kappa shape index (κ2) is 13.8. The number of sulfone groups is 1. The molecule has 1 aliphatic heterocycles. The van der Waals surface area contributed by atoms with Gasteiger partial charge in [0.15, 0.2) is 9.84 Å². The molecule has 1 saturated heterocycles. The number of alkyl halides is 6. The van der Waals surface area contributed by atoms with Crippen LogP contribution in [0.15, 0.2) is 77.7 Å². The highest BCUT2D eigenvalue weighted by Gasteiger charge is 2.36. The van der Waals surface area contributed by atoms with Crippen molar-refractivity contribution in [3.63, 3.8) is 0 Å². The fourth-order valence-corrected chi connectivity index (χ4v) is 6.16. The summed E-state index contributed by atoms with van der Waals surface area (Å²) in [5.41, 5.74) is 0.989. The summed E-state index contributed by atoms with van der Waals surface area (Å²) in [6, 6.07) is 15.0. The van der Waals surface area contributed by atoms with Crippen LogP contribution in [0.1, 0.15) is 58.8 Å². The third-order valence-corrected chi connectivity index (χ3v) is 9.58. The lowest BCUT2D eigenvalue weighted by Gasteiger charge is -2.41. The fourth-order valence-electron chi connectivity index (χ4n) is 5.28. The zero-order valence-corrected chi connectivity index (χ0v) is 24.9. The van der Waals surface area contributed by atoms with Crippen molar-refractivity contribution in [2.45, 2.75) is 55.2 Å². The minimum atomic E-state index is -4.84. The van der Waals surface area contributed by atoms with Gasteiger partial charge in [-0.1, -0.05) is 31.2 Å². The van der Waals surface area contributed by atoms with E-state index in [-0.39, 0.29) is 35.1 Å². The molecule has 14 heteroatoms. The summed E-state index contributed by atoms with van der Waals surface area (Å²) in [5, 5.41) is 12.6. The molecule has 0 saturated carbocycles. The number of benzene rings is 3. The predicted molar refractivity (Wildman–Crippen MR) is 154 cm³/mol. The molecule has 0 radical (unpaired) electrons. The molecular weight excluding hydrogens is 626 g/mol. The van der Waals surface area contributed by atoms with Crippen molar-refractivity contribution >= 4 is 21.4 Å². The molecule has 1 amide bonds. The summed E-state index contributed by atoms with van der Waals surface area (Å²) in [5.74, 6) is -0.892. The van der Waals surface area contributed by atoms with E-state index in [0.717, 1.165) is 12.1 Å². The largest absolute Gasteiger partial charge is 0.522 e. The van der Waals surface area contributed by atoms with E-state index in [1.165, 1.54) is 55.5 Å². The Kier molecular flexibility index (Phi) is 10.5. The van der Waals surface area contributed by atoms with E-state index in [2.05, 4.69) is 10.1 Å². The molecule has 45 heavy (non-hydrogen) atoms. The number of rotatable bonds is 10. The number of ether oxygens (including phenoxy) is 1. The summed E-state index contributed by atoms with van der Waals surface area (Å²) < 4.78 is 106. The van der Waals surface area contributed by atoms with Gasteiger partial charge in [0.05, 0.1) is 41.5 Å². The van der Waals surface area contributed by atoms with E-state index in [1.807, 2.05) is 0 Å². The predicted octanol–water partition coefficient (Wildman–Crippen LogP) is 6.25. The summed E-state index contributed by atoms with van der Waals surface area (Å²) in [7, 11) is -3.43. The van der Waals surface area contributed by atoms with Gasteiger partial charge in [0.1, 0.15) is 0 Å². The molecule has 3 aromatic rings. The summed E-state index contributed by atoms with van der Waals surface area (Å²) >= 11 is 0. The first kappa shape index (κ1) is 34.3. The topological polar surface area (TPSA) is 95.9 Å². The van der Waals surface area contributed by atoms with Crippen molar-refractivity contribution in [3.8, 4) is 0 Å². The van der Waals surface area contributed by atoms with Gasteiger partial charge in [-0.05, 0) is 72.5 Å². The molecular formula is C31H32F6N2O5S. The Morgan fingerprint density at radius 2 is 1.58 bits per heavy atom. The lowest BCUT2D eigenvalue weighted by atomic mass is 9.86. The highest BCUT2D eigenvalue weighted by molar-refractivity contribution is 7.91. The van der Waals surface area contributed by atoms with Crippen LogP contribution in [0.25, 0.3) is 0 Å². The number of amides is 1. The maximum Gasteiger partial charge on any atom is 0.522 e. The number of aliphatic hydroxyl groups is 1. The smallest absolute Gasteiger partial charge is 0.394 e. The zero-order valence-electron chi connectivity index (χ0n) is 24.1. The number of carbonyl (C=O) groups is 1. The Hall–Kier alpha value is -3.62. The van der Waals surface area contributed by atoms with Crippen LogP contribution in [-0.2, 0) is 20.8 Å². The molecule has 7 nitrogen and oxygen atoms in total. The van der Waals surface area contributed by atoms with Crippen molar-refractivity contribution in [1.29, 1.82) is 0 Å². The maximum absolute atomic E-state index is 13.0. The molecule has 0 spiro atoms. The molecule has 244 valence electrons. The number of anilines is 1. The van der Waals surface area contributed by atoms with Gasteiger partial charge in [0, 0.05) is 23.7 Å². The average molecular weight is 659 g/mol. The number of hydrogen-bond donors (Lipinski definition) is 2. The molecule has 0 aromatic heterocycles. The van der Waals surface area contributed by atoms with Crippen LogP contribution in [0.3, 0.4) is 0 Å². The van der Waals surface area contributed by atoms with Gasteiger partial charge in [0.2, 0.25) is 0 Å². The molecule has 1 unspecified atom stereocenters. The lowest BCUT2D eigenvalue weighted by Crippen LogP contribution is -2.46. The summed E-state index contributed by atoms with van der Waals surface area (Å²) in [6.07, 6.45) is -8.63. The maximum atomic E-state index is 13.0. The SMILES string of the molecule is CCS(=O)(=O)c1ccc([C@H](CO)NC(=O)c2ccc(N3CC(c4ccc(C(F)(F)F)cc4)CC[C@H]3COC(F)(F)F)cc2)cc1. The van der Waals surface area contributed by atoms with Gasteiger partial charge in [0.25, 0.3) is 5.91 Å². The van der Waals surface area contributed by atoms with E-state index in [4.69, 9.17) is 0 Å². The van der Waals surface area contributed by atoms with Crippen molar-refractivity contribution < 1.29 is 49.4 Å². The Morgan fingerprint density at radius 1 is 0.956 bits per heavy atom. The second-order valence-corrected chi connectivity index (χ2v) is 13.0. The molecule has 1 fully saturated rings. The third-order valence-electron chi connectivity index (χ3n) is 7.83. The number of aliphatic hydroxyl groups excluding tert-OH is 1. The minimum Gasteiger partial charge on any atom is -0.394 e. The van der Waals surface area contributed by atoms with Gasteiger partial charge in [-0.15, -0.1) is 13.2 Å². The van der Waals surface area contributed by atoms with Crippen LogP contribution in [0.4, 0.5) is 32.0 Å². The summed E-state index contributed by atoms with van der Waals surface area (Å²) in [6.45, 7) is 0.607. The molecule has 1 heterocycles. The zero-order chi connectivity index (χ0) is 33.0. The number of piperidine rings is 1. The van der Waals surface area contributed by atoms with Gasteiger partial charge in [-0.25, -0.2) is 8.42 Å². The van der Waals surface area contributed by atoms with Crippen molar-refractivity contribution in [1.82, 2.24) is 5.32 Å². The number of carbonyl (C=O) groups excluding carboxylic acids is 1. The first-order chi connectivity index (χ1) is 21.1. The van der Waals surface area contributed by atoms with Gasteiger partial charge >= 0.3 is 12.5 Å².